The van der Waals surface area contributed by atoms with E-state index in [0.29, 0.717) is 17.8 Å². The number of hydrogen-bond acceptors (Lipinski definition) is 4. The van der Waals surface area contributed by atoms with E-state index in [1.54, 1.807) is 6.07 Å². The molecule has 0 aliphatic carbocycles. The van der Waals surface area contributed by atoms with Crippen LogP contribution in [0, 0.1) is 13.8 Å². The molecule has 2 aromatic carbocycles. The molecule has 0 fully saturated rings. The average molecular weight is 412 g/mol. The normalized spacial score (nSPS) is 10.8. The van der Waals surface area contributed by atoms with Gasteiger partial charge in [0.1, 0.15) is 0 Å². The number of amides is 1. The van der Waals surface area contributed by atoms with Gasteiger partial charge in [-0.2, -0.15) is 0 Å². The number of sulfonamides is 1. The first-order valence-electron chi connectivity index (χ1n) is 8.47. The summed E-state index contributed by atoms with van der Waals surface area (Å²) in [5, 5.41) is 5.81. The van der Waals surface area contributed by atoms with Gasteiger partial charge in [0.15, 0.2) is 0 Å². The SMILES string of the molecule is CNCCCNC(=O)c1ccc(S(=O)(=O)Nc2cccc(C)c2C)cc1.Cl. The Hall–Kier alpha value is -2.09. The molecule has 0 heterocycles. The van der Waals surface area contributed by atoms with Gasteiger partial charge in [0.2, 0.25) is 0 Å². The molecule has 0 atom stereocenters. The average Bonchev–Trinajstić information content (AvgIpc) is 2.62. The van der Waals surface area contributed by atoms with Gasteiger partial charge in [-0.1, -0.05) is 12.1 Å². The molecule has 6 nitrogen and oxygen atoms in total. The minimum atomic E-state index is -3.71. The number of nitrogens with one attached hydrogen (secondary N) is 3. The molecule has 0 bridgehead atoms. The first kappa shape index (κ1) is 23.0. The highest BCUT2D eigenvalue weighted by Gasteiger charge is 2.16. The third-order valence-electron chi connectivity index (χ3n) is 4.16. The molecule has 2 rings (SSSR count). The Morgan fingerprint density at radius 1 is 1.00 bits per heavy atom. The number of aryl methyl sites for hydroxylation is 1. The maximum Gasteiger partial charge on any atom is 0.261 e. The van der Waals surface area contributed by atoms with E-state index >= 15 is 0 Å². The van der Waals surface area contributed by atoms with Crippen molar-refractivity contribution in [3.8, 4) is 0 Å². The molecule has 148 valence electrons. The second-order valence-electron chi connectivity index (χ2n) is 6.09. The Bertz CT molecular complexity index is 868. The smallest absolute Gasteiger partial charge is 0.261 e. The van der Waals surface area contributed by atoms with Crippen LogP contribution < -0.4 is 15.4 Å². The zero-order valence-corrected chi connectivity index (χ0v) is 17.3. The summed E-state index contributed by atoms with van der Waals surface area (Å²) in [5.74, 6) is -0.215. The lowest BCUT2D eigenvalue weighted by atomic mass is 10.1. The molecule has 8 heteroatoms. The molecule has 0 saturated carbocycles. The monoisotopic (exact) mass is 411 g/mol. The Morgan fingerprint density at radius 3 is 2.30 bits per heavy atom. The molecule has 0 aliphatic rings. The Labute approximate surface area is 167 Å². The second-order valence-corrected chi connectivity index (χ2v) is 7.77. The largest absolute Gasteiger partial charge is 0.352 e. The Kier molecular flexibility index (Phi) is 8.75. The van der Waals surface area contributed by atoms with Crippen LogP contribution in [0.5, 0.6) is 0 Å². The van der Waals surface area contributed by atoms with E-state index < -0.39 is 10.0 Å². The fourth-order valence-corrected chi connectivity index (χ4v) is 3.54. The van der Waals surface area contributed by atoms with Crippen LogP contribution in [0.1, 0.15) is 27.9 Å². The van der Waals surface area contributed by atoms with Gasteiger partial charge < -0.3 is 10.6 Å². The standard InChI is InChI=1S/C19H25N3O3S.ClH/c1-14-6-4-7-18(15(14)2)22-26(24,25)17-10-8-16(9-11-17)19(23)21-13-5-12-20-3;/h4,6-11,20,22H,5,12-13H2,1-3H3,(H,21,23);1H. The van der Waals surface area contributed by atoms with Crippen LogP contribution in [0.2, 0.25) is 0 Å². The number of benzene rings is 2. The van der Waals surface area contributed by atoms with Crippen LogP contribution in [-0.2, 0) is 10.0 Å². The van der Waals surface area contributed by atoms with Crippen LogP contribution in [0.15, 0.2) is 47.4 Å². The summed E-state index contributed by atoms with van der Waals surface area (Å²) < 4.78 is 27.7. The van der Waals surface area contributed by atoms with Crippen molar-refractivity contribution in [2.75, 3.05) is 24.9 Å². The van der Waals surface area contributed by atoms with E-state index in [1.165, 1.54) is 24.3 Å². The van der Waals surface area contributed by atoms with Crippen molar-refractivity contribution >= 4 is 34.0 Å². The molecule has 0 aliphatic heterocycles. The molecule has 3 N–H and O–H groups in total. The molecule has 2 aromatic rings. The molecule has 0 unspecified atom stereocenters. The van der Waals surface area contributed by atoms with E-state index in [9.17, 15) is 13.2 Å². The fraction of sp³-hybridized carbons (Fsp3) is 0.316. The van der Waals surface area contributed by atoms with Gasteiger partial charge in [-0.15, -0.1) is 12.4 Å². The van der Waals surface area contributed by atoms with Crippen LogP contribution in [-0.4, -0.2) is 34.5 Å². The first-order chi connectivity index (χ1) is 12.3. The van der Waals surface area contributed by atoms with Gasteiger partial charge in [0.25, 0.3) is 15.9 Å². The molecule has 0 spiro atoms. The predicted molar refractivity (Wildman–Crippen MR) is 111 cm³/mol. The third-order valence-corrected chi connectivity index (χ3v) is 5.55. The van der Waals surface area contributed by atoms with Crippen molar-refractivity contribution in [1.82, 2.24) is 10.6 Å². The van der Waals surface area contributed by atoms with E-state index in [2.05, 4.69) is 15.4 Å². The molecular weight excluding hydrogens is 386 g/mol. The van der Waals surface area contributed by atoms with Gasteiger partial charge in [-0.3, -0.25) is 9.52 Å². The lowest BCUT2D eigenvalue weighted by Crippen LogP contribution is -2.26. The lowest BCUT2D eigenvalue weighted by Gasteiger charge is -2.12. The highest BCUT2D eigenvalue weighted by Crippen LogP contribution is 2.22. The maximum absolute atomic E-state index is 12.6. The minimum Gasteiger partial charge on any atom is -0.352 e. The zero-order valence-electron chi connectivity index (χ0n) is 15.7. The maximum atomic E-state index is 12.6. The van der Waals surface area contributed by atoms with Crippen LogP contribution >= 0.6 is 12.4 Å². The molecule has 0 saturated heterocycles. The third kappa shape index (κ3) is 6.23. The first-order valence-corrected chi connectivity index (χ1v) is 9.95. The summed E-state index contributed by atoms with van der Waals surface area (Å²) in [6, 6.07) is 11.4. The van der Waals surface area contributed by atoms with Crippen molar-refractivity contribution in [2.45, 2.75) is 25.2 Å². The zero-order chi connectivity index (χ0) is 19.2. The summed E-state index contributed by atoms with van der Waals surface area (Å²) in [7, 11) is -1.85. The van der Waals surface area contributed by atoms with Gasteiger partial charge >= 0.3 is 0 Å². The number of rotatable bonds is 8. The van der Waals surface area contributed by atoms with Crippen molar-refractivity contribution in [3.05, 3.63) is 59.2 Å². The summed E-state index contributed by atoms with van der Waals surface area (Å²) in [6.07, 6.45) is 0.828. The summed E-state index contributed by atoms with van der Waals surface area (Å²) in [5.41, 5.74) is 2.88. The Morgan fingerprint density at radius 2 is 1.67 bits per heavy atom. The topological polar surface area (TPSA) is 87.3 Å². The summed E-state index contributed by atoms with van der Waals surface area (Å²) in [4.78, 5) is 12.2. The molecule has 1 amide bonds. The quantitative estimate of drug-likeness (QED) is 0.583. The van der Waals surface area contributed by atoms with Gasteiger partial charge in [0, 0.05) is 12.1 Å². The summed E-state index contributed by atoms with van der Waals surface area (Å²) in [6.45, 7) is 5.18. The predicted octanol–water partition coefficient (Wildman–Crippen LogP) is 2.87. The van der Waals surface area contributed by atoms with Crippen LogP contribution in [0.25, 0.3) is 0 Å². The molecule has 27 heavy (non-hydrogen) atoms. The number of halogens is 1. The Balaban J connectivity index is 0.00000364. The molecular formula is C19H26ClN3O3S. The number of anilines is 1. The van der Waals surface area contributed by atoms with Crippen LogP contribution in [0.4, 0.5) is 5.69 Å². The van der Waals surface area contributed by atoms with E-state index in [0.717, 1.165) is 24.1 Å². The van der Waals surface area contributed by atoms with Crippen molar-refractivity contribution in [3.63, 3.8) is 0 Å². The van der Waals surface area contributed by atoms with Gasteiger partial charge in [-0.25, -0.2) is 8.42 Å². The second kappa shape index (κ2) is 10.3. The van der Waals surface area contributed by atoms with Gasteiger partial charge in [-0.05, 0) is 75.3 Å². The van der Waals surface area contributed by atoms with E-state index in [-0.39, 0.29) is 23.2 Å². The number of carbonyl (C=O) groups excluding carboxylic acids is 1. The molecule has 0 radical (unpaired) electrons. The number of carbonyl (C=O) groups is 1. The van der Waals surface area contributed by atoms with E-state index in [1.807, 2.05) is 33.0 Å². The lowest BCUT2D eigenvalue weighted by molar-refractivity contribution is 0.0953. The summed E-state index contributed by atoms with van der Waals surface area (Å²) >= 11 is 0. The molecule has 0 aromatic heterocycles. The number of hydrogen-bond donors (Lipinski definition) is 3. The fourth-order valence-electron chi connectivity index (χ4n) is 2.42. The minimum absolute atomic E-state index is 0. The van der Waals surface area contributed by atoms with Crippen molar-refractivity contribution in [1.29, 1.82) is 0 Å². The van der Waals surface area contributed by atoms with Crippen molar-refractivity contribution < 1.29 is 13.2 Å². The van der Waals surface area contributed by atoms with Crippen molar-refractivity contribution in [2.24, 2.45) is 0 Å². The highest BCUT2D eigenvalue weighted by molar-refractivity contribution is 7.92. The van der Waals surface area contributed by atoms with Crippen LogP contribution in [0.3, 0.4) is 0 Å². The van der Waals surface area contributed by atoms with E-state index in [4.69, 9.17) is 0 Å². The highest BCUT2D eigenvalue weighted by atomic mass is 35.5. The van der Waals surface area contributed by atoms with Gasteiger partial charge in [0.05, 0.1) is 10.6 Å².